The molecule has 0 bridgehead atoms. The third-order valence-corrected chi connectivity index (χ3v) is 1.65. The van der Waals surface area contributed by atoms with Gasteiger partial charge in [-0.05, 0) is 0 Å². The summed E-state index contributed by atoms with van der Waals surface area (Å²) in [4.78, 5) is 21.1. The smallest absolute Gasteiger partial charge is 0.308 e. The van der Waals surface area contributed by atoms with Gasteiger partial charge in [0.15, 0.2) is 0 Å². The summed E-state index contributed by atoms with van der Waals surface area (Å²) in [6.45, 7) is 1.03. The lowest BCUT2D eigenvalue weighted by Crippen LogP contribution is -2.25. The van der Waals surface area contributed by atoms with Crippen LogP contribution in [0.3, 0.4) is 0 Å². The normalized spacial score (nSPS) is 14.1. The van der Waals surface area contributed by atoms with E-state index in [9.17, 15) is 19.8 Å². The molecule has 0 aliphatic rings. The quantitative estimate of drug-likeness (QED) is 0.571. The van der Waals surface area contributed by atoms with Crippen molar-refractivity contribution in [3.05, 3.63) is 0 Å². The minimum absolute atomic E-state index is 0.0393. The molecule has 0 fully saturated rings. The molecule has 0 aromatic carbocycles. The largest absolute Gasteiger partial charge is 0.469 e. The molecule has 15 heavy (non-hydrogen) atoms. The Morgan fingerprint density at radius 1 is 1.27 bits per heavy atom. The zero-order valence-corrected chi connectivity index (χ0v) is 8.80. The van der Waals surface area contributed by atoms with E-state index in [1.807, 2.05) is 0 Å². The molecule has 0 rings (SSSR count). The van der Waals surface area contributed by atoms with Gasteiger partial charge in [0.2, 0.25) is 0 Å². The van der Waals surface area contributed by atoms with Gasteiger partial charge in [0.1, 0.15) is 6.61 Å². The predicted octanol–water partition coefficient (Wildman–Crippen LogP) is -0.776. The van der Waals surface area contributed by atoms with Crippen LogP contribution in [0.25, 0.3) is 0 Å². The maximum atomic E-state index is 10.7. The molecule has 88 valence electrons. The SMILES string of the molecule is COC(=O)C[C@H](O)C[C@H](O)COC(C)=O. The molecule has 0 saturated carbocycles. The first-order valence-electron chi connectivity index (χ1n) is 4.52. The van der Waals surface area contributed by atoms with Gasteiger partial charge in [0.25, 0.3) is 0 Å². The zero-order chi connectivity index (χ0) is 11.8. The van der Waals surface area contributed by atoms with Crippen LogP contribution in [-0.2, 0) is 19.1 Å². The Labute approximate surface area is 87.8 Å². The Kier molecular flexibility index (Phi) is 6.64. The summed E-state index contributed by atoms with van der Waals surface area (Å²) in [5.41, 5.74) is 0. The second kappa shape index (κ2) is 7.19. The topological polar surface area (TPSA) is 93.1 Å². The van der Waals surface area contributed by atoms with Crippen molar-refractivity contribution in [1.82, 2.24) is 0 Å². The van der Waals surface area contributed by atoms with Crippen LogP contribution in [0.1, 0.15) is 19.8 Å². The minimum Gasteiger partial charge on any atom is -0.469 e. The van der Waals surface area contributed by atoms with Crippen LogP contribution in [0.5, 0.6) is 0 Å². The van der Waals surface area contributed by atoms with Crippen LogP contribution in [0, 0.1) is 0 Å². The second-order valence-electron chi connectivity index (χ2n) is 3.13. The van der Waals surface area contributed by atoms with Crippen LogP contribution in [-0.4, -0.2) is 48.1 Å². The highest BCUT2D eigenvalue weighted by Crippen LogP contribution is 2.04. The summed E-state index contributed by atoms with van der Waals surface area (Å²) >= 11 is 0. The Morgan fingerprint density at radius 3 is 2.33 bits per heavy atom. The first-order valence-corrected chi connectivity index (χ1v) is 4.52. The van der Waals surface area contributed by atoms with Crippen molar-refractivity contribution in [3.8, 4) is 0 Å². The third-order valence-electron chi connectivity index (χ3n) is 1.65. The number of esters is 2. The fourth-order valence-electron chi connectivity index (χ4n) is 0.955. The number of ether oxygens (including phenoxy) is 2. The van der Waals surface area contributed by atoms with E-state index >= 15 is 0 Å². The minimum atomic E-state index is -0.997. The van der Waals surface area contributed by atoms with Crippen molar-refractivity contribution < 1.29 is 29.3 Å². The van der Waals surface area contributed by atoms with Gasteiger partial charge in [0.05, 0.1) is 25.7 Å². The molecule has 0 saturated heterocycles. The molecular weight excluding hydrogens is 204 g/mol. The number of rotatable bonds is 6. The summed E-state index contributed by atoms with van der Waals surface area (Å²) in [5, 5.41) is 18.5. The van der Waals surface area contributed by atoms with Crippen molar-refractivity contribution in [2.75, 3.05) is 13.7 Å². The monoisotopic (exact) mass is 220 g/mol. The van der Waals surface area contributed by atoms with E-state index in [4.69, 9.17) is 0 Å². The van der Waals surface area contributed by atoms with Crippen molar-refractivity contribution in [1.29, 1.82) is 0 Å². The van der Waals surface area contributed by atoms with Gasteiger partial charge in [-0.15, -0.1) is 0 Å². The van der Waals surface area contributed by atoms with Crippen molar-refractivity contribution in [2.24, 2.45) is 0 Å². The van der Waals surface area contributed by atoms with E-state index in [-0.39, 0.29) is 19.4 Å². The lowest BCUT2D eigenvalue weighted by Gasteiger charge is -2.14. The van der Waals surface area contributed by atoms with Crippen molar-refractivity contribution in [2.45, 2.75) is 32.0 Å². The molecule has 0 amide bonds. The molecule has 0 aromatic rings. The predicted molar refractivity (Wildman–Crippen MR) is 49.9 cm³/mol. The second-order valence-corrected chi connectivity index (χ2v) is 3.13. The number of hydrogen-bond acceptors (Lipinski definition) is 6. The number of aliphatic hydroxyl groups excluding tert-OH is 2. The van der Waals surface area contributed by atoms with E-state index in [2.05, 4.69) is 9.47 Å². The molecule has 0 spiro atoms. The van der Waals surface area contributed by atoms with E-state index in [1.165, 1.54) is 14.0 Å². The summed E-state index contributed by atoms with van der Waals surface area (Å²) in [7, 11) is 1.21. The number of carbonyl (C=O) groups is 2. The molecule has 0 radical (unpaired) electrons. The number of aliphatic hydroxyl groups is 2. The van der Waals surface area contributed by atoms with E-state index in [1.54, 1.807) is 0 Å². The highest BCUT2D eigenvalue weighted by atomic mass is 16.5. The van der Waals surface area contributed by atoms with Crippen molar-refractivity contribution >= 4 is 11.9 Å². The maximum absolute atomic E-state index is 10.7. The summed E-state index contributed by atoms with van der Waals surface area (Å²) in [5.74, 6) is -1.06. The molecule has 6 heteroatoms. The molecule has 0 aliphatic heterocycles. The van der Waals surface area contributed by atoms with Gasteiger partial charge in [0, 0.05) is 13.3 Å². The molecule has 6 nitrogen and oxygen atoms in total. The van der Waals surface area contributed by atoms with Crippen LogP contribution < -0.4 is 0 Å². The maximum Gasteiger partial charge on any atom is 0.308 e. The van der Waals surface area contributed by atoms with Crippen LogP contribution in [0.4, 0.5) is 0 Å². The van der Waals surface area contributed by atoms with E-state index in [0.29, 0.717) is 0 Å². The molecule has 0 heterocycles. The summed E-state index contributed by atoms with van der Waals surface area (Å²) < 4.78 is 8.85. The standard InChI is InChI=1S/C9H16O6/c1-6(10)15-5-8(12)3-7(11)4-9(13)14-2/h7-8,11-12H,3-5H2,1-2H3/t7-,8+/m1/s1. The van der Waals surface area contributed by atoms with Gasteiger partial charge in [-0.2, -0.15) is 0 Å². The van der Waals surface area contributed by atoms with Crippen molar-refractivity contribution in [3.63, 3.8) is 0 Å². The highest BCUT2D eigenvalue weighted by Gasteiger charge is 2.16. The number of hydrogen-bond donors (Lipinski definition) is 2. The van der Waals surface area contributed by atoms with Gasteiger partial charge in [-0.25, -0.2) is 0 Å². The van der Waals surface area contributed by atoms with Crippen LogP contribution in [0.2, 0.25) is 0 Å². The molecule has 0 unspecified atom stereocenters. The fraction of sp³-hybridized carbons (Fsp3) is 0.778. The number of carbonyl (C=O) groups excluding carboxylic acids is 2. The van der Waals surface area contributed by atoms with Gasteiger partial charge in [-0.1, -0.05) is 0 Å². The lowest BCUT2D eigenvalue weighted by molar-refractivity contribution is -0.146. The van der Waals surface area contributed by atoms with E-state index in [0.717, 1.165) is 0 Å². The molecule has 0 aliphatic carbocycles. The average molecular weight is 220 g/mol. The third kappa shape index (κ3) is 7.90. The lowest BCUT2D eigenvalue weighted by atomic mass is 10.1. The summed E-state index contributed by atoms with van der Waals surface area (Å²) in [6, 6.07) is 0. The Hall–Kier alpha value is -1.14. The van der Waals surface area contributed by atoms with E-state index < -0.39 is 24.1 Å². The van der Waals surface area contributed by atoms with Crippen LogP contribution >= 0.6 is 0 Å². The highest BCUT2D eigenvalue weighted by molar-refractivity contribution is 5.69. The van der Waals surface area contributed by atoms with Crippen LogP contribution in [0.15, 0.2) is 0 Å². The molecule has 2 atom stereocenters. The first-order chi connectivity index (χ1) is 6.95. The van der Waals surface area contributed by atoms with Gasteiger partial charge >= 0.3 is 11.9 Å². The molecule has 2 N–H and O–H groups in total. The Balaban J connectivity index is 3.70. The molecular formula is C9H16O6. The van der Waals surface area contributed by atoms with Gasteiger partial charge in [-0.3, -0.25) is 9.59 Å². The molecule has 0 aromatic heterocycles. The number of methoxy groups -OCH3 is 1. The first kappa shape index (κ1) is 13.9. The average Bonchev–Trinajstić information content (AvgIpc) is 2.14. The fourth-order valence-corrected chi connectivity index (χ4v) is 0.955. The summed E-state index contributed by atoms with van der Waals surface area (Å²) in [6.07, 6.45) is -2.20. The Bertz CT molecular complexity index is 215. The van der Waals surface area contributed by atoms with Gasteiger partial charge < -0.3 is 19.7 Å². The zero-order valence-electron chi connectivity index (χ0n) is 8.80. The Morgan fingerprint density at radius 2 is 1.87 bits per heavy atom.